The summed E-state index contributed by atoms with van der Waals surface area (Å²) in [5.74, 6) is -5.37. The van der Waals surface area contributed by atoms with Crippen LogP contribution in [0.2, 0.25) is 0 Å². The van der Waals surface area contributed by atoms with Gasteiger partial charge in [-0.2, -0.15) is 0 Å². The average Bonchev–Trinajstić information content (AvgIpc) is 3.16. The molecule has 2 fully saturated rings. The van der Waals surface area contributed by atoms with Crippen LogP contribution in [0.4, 0.5) is 13.2 Å². The molecule has 1 heterocycles. The predicted octanol–water partition coefficient (Wildman–Crippen LogP) is 2.35. The van der Waals surface area contributed by atoms with Crippen LogP contribution in [0.5, 0.6) is 0 Å². The Morgan fingerprint density at radius 2 is 2.00 bits per heavy atom. The molecule has 1 aliphatic carbocycles. The first-order valence-corrected chi connectivity index (χ1v) is 8.09. The third-order valence-corrected chi connectivity index (χ3v) is 4.88. The van der Waals surface area contributed by atoms with E-state index < -0.39 is 41.8 Å². The molecular formula is C17H20F3NO3. The van der Waals surface area contributed by atoms with Crippen LogP contribution in [-0.2, 0) is 15.1 Å². The number of rotatable bonds is 4. The summed E-state index contributed by atoms with van der Waals surface area (Å²) < 4.78 is 45.8. The van der Waals surface area contributed by atoms with E-state index in [1.807, 2.05) is 0 Å². The van der Waals surface area contributed by atoms with Gasteiger partial charge < -0.3 is 15.2 Å². The van der Waals surface area contributed by atoms with Crippen molar-refractivity contribution in [2.45, 2.75) is 43.3 Å². The van der Waals surface area contributed by atoms with Gasteiger partial charge in [0.1, 0.15) is 11.9 Å². The van der Waals surface area contributed by atoms with Gasteiger partial charge in [0.05, 0.1) is 0 Å². The molecular weight excluding hydrogens is 323 g/mol. The van der Waals surface area contributed by atoms with Gasteiger partial charge in [-0.05, 0) is 37.1 Å². The van der Waals surface area contributed by atoms with E-state index in [-0.39, 0.29) is 18.4 Å². The maximum atomic E-state index is 13.6. The molecule has 4 nitrogen and oxygen atoms in total. The highest BCUT2D eigenvalue weighted by Gasteiger charge is 2.54. The molecule has 132 valence electrons. The first kappa shape index (κ1) is 17.2. The summed E-state index contributed by atoms with van der Waals surface area (Å²) in [6.07, 6.45) is -0.782. The van der Waals surface area contributed by atoms with E-state index in [1.165, 1.54) is 12.1 Å². The number of aliphatic hydroxyl groups is 1. The lowest BCUT2D eigenvalue weighted by atomic mass is 9.80. The molecule has 3 atom stereocenters. The molecule has 0 radical (unpaired) electrons. The lowest BCUT2D eigenvalue weighted by Crippen LogP contribution is -2.45. The Hall–Kier alpha value is -1.60. The Labute approximate surface area is 138 Å². The topological polar surface area (TPSA) is 58.6 Å². The summed E-state index contributed by atoms with van der Waals surface area (Å²) in [5.41, 5.74) is -2.11. The third-order valence-electron chi connectivity index (χ3n) is 4.88. The number of hydrogen-bond acceptors (Lipinski definition) is 4. The first-order chi connectivity index (χ1) is 11.3. The molecule has 7 heteroatoms. The second-order valence-corrected chi connectivity index (χ2v) is 6.59. The van der Waals surface area contributed by atoms with Crippen molar-refractivity contribution in [1.82, 2.24) is 5.32 Å². The molecule has 2 N–H and O–H groups in total. The quantitative estimate of drug-likeness (QED) is 0.824. The molecule has 0 aromatic heterocycles. The summed E-state index contributed by atoms with van der Waals surface area (Å²) in [5, 5.41) is 14.1. The molecule has 1 aromatic carbocycles. The Kier molecular flexibility index (Phi) is 4.57. The Morgan fingerprint density at radius 1 is 1.29 bits per heavy atom. The van der Waals surface area contributed by atoms with Crippen molar-refractivity contribution >= 4 is 5.97 Å². The van der Waals surface area contributed by atoms with Gasteiger partial charge in [0.15, 0.2) is 5.60 Å². The van der Waals surface area contributed by atoms with E-state index in [9.17, 15) is 23.1 Å². The standard InChI is InChI=1S/C17H20F3NO3/c18-13-3-1-11(2-4-13)17(23,12-5-7-16(19,20)9-12)15(22)24-14-6-8-21-10-14/h1-4,12,14,21,23H,5-10H2/t12-,14+,17+/m1/s1. The van der Waals surface area contributed by atoms with Gasteiger partial charge >= 0.3 is 5.97 Å². The van der Waals surface area contributed by atoms with Crippen LogP contribution in [-0.4, -0.2) is 36.2 Å². The summed E-state index contributed by atoms with van der Waals surface area (Å²) in [4.78, 5) is 12.7. The minimum atomic E-state index is -2.92. The Balaban J connectivity index is 1.90. The summed E-state index contributed by atoms with van der Waals surface area (Å²) in [6, 6.07) is 4.69. The van der Waals surface area contributed by atoms with E-state index in [0.29, 0.717) is 19.5 Å². The van der Waals surface area contributed by atoms with Crippen LogP contribution >= 0.6 is 0 Å². The predicted molar refractivity (Wildman–Crippen MR) is 80.0 cm³/mol. The van der Waals surface area contributed by atoms with Crippen molar-refractivity contribution in [1.29, 1.82) is 0 Å². The van der Waals surface area contributed by atoms with Crippen LogP contribution in [0, 0.1) is 11.7 Å². The summed E-state index contributed by atoms with van der Waals surface area (Å²) in [7, 11) is 0. The zero-order valence-electron chi connectivity index (χ0n) is 13.1. The molecule has 24 heavy (non-hydrogen) atoms. The van der Waals surface area contributed by atoms with E-state index in [4.69, 9.17) is 4.74 Å². The fourth-order valence-corrected chi connectivity index (χ4v) is 3.50. The van der Waals surface area contributed by atoms with Gasteiger partial charge in [-0.1, -0.05) is 12.1 Å². The molecule has 3 rings (SSSR count). The second kappa shape index (κ2) is 6.37. The van der Waals surface area contributed by atoms with Crippen molar-refractivity contribution in [2.75, 3.05) is 13.1 Å². The van der Waals surface area contributed by atoms with Crippen molar-refractivity contribution in [3.8, 4) is 0 Å². The fourth-order valence-electron chi connectivity index (χ4n) is 3.50. The van der Waals surface area contributed by atoms with Crippen molar-refractivity contribution in [3.05, 3.63) is 35.6 Å². The minimum Gasteiger partial charge on any atom is -0.459 e. The van der Waals surface area contributed by atoms with Crippen LogP contribution in [0.1, 0.15) is 31.2 Å². The molecule has 0 amide bonds. The molecule has 2 aliphatic rings. The molecule has 1 aromatic rings. The highest BCUT2D eigenvalue weighted by molar-refractivity contribution is 5.82. The fraction of sp³-hybridized carbons (Fsp3) is 0.588. The normalized spacial score (nSPS) is 28.5. The number of halogens is 3. The number of hydrogen-bond donors (Lipinski definition) is 2. The number of ether oxygens (including phenoxy) is 1. The van der Waals surface area contributed by atoms with Crippen LogP contribution in [0.25, 0.3) is 0 Å². The van der Waals surface area contributed by atoms with E-state index in [0.717, 1.165) is 12.1 Å². The zero-order chi connectivity index (χ0) is 17.4. The van der Waals surface area contributed by atoms with Crippen LogP contribution < -0.4 is 5.32 Å². The highest BCUT2D eigenvalue weighted by Crippen LogP contribution is 2.48. The number of esters is 1. The number of nitrogens with one attached hydrogen (secondary N) is 1. The molecule has 0 bridgehead atoms. The van der Waals surface area contributed by atoms with Crippen molar-refractivity contribution in [3.63, 3.8) is 0 Å². The van der Waals surface area contributed by atoms with Gasteiger partial charge in [0.2, 0.25) is 5.92 Å². The smallest absolute Gasteiger partial charge is 0.343 e. The SMILES string of the molecule is O=C(O[C@H]1CCNC1)[C@](O)(c1ccc(F)cc1)[C@@H]1CCC(F)(F)C1. The monoisotopic (exact) mass is 343 g/mol. The summed E-state index contributed by atoms with van der Waals surface area (Å²) in [6.45, 7) is 1.15. The summed E-state index contributed by atoms with van der Waals surface area (Å²) >= 11 is 0. The Morgan fingerprint density at radius 3 is 2.54 bits per heavy atom. The number of alkyl halides is 2. The van der Waals surface area contributed by atoms with Crippen LogP contribution in [0.15, 0.2) is 24.3 Å². The third kappa shape index (κ3) is 3.28. The largest absolute Gasteiger partial charge is 0.459 e. The molecule has 1 aliphatic heterocycles. The van der Waals surface area contributed by atoms with E-state index in [2.05, 4.69) is 5.32 Å². The maximum Gasteiger partial charge on any atom is 0.343 e. The molecule has 1 saturated heterocycles. The molecule has 1 saturated carbocycles. The average molecular weight is 343 g/mol. The van der Waals surface area contributed by atoms with Gasteiger partial charge in [-0.25, -0.2) is 18.0 Å². The minimum absolute atomic E-state index is 0.00110. The molecule has 0 unspecified atom stereocenters. The number of benzene rings is 1. The lowest BCUT2D eigenvalue weighted by molar-refractivity contribution is -0.179. The van der Waals surface area contributed by atoms with Crippen molar-refractivity contribution < 1.29 is 27.8 Å². The number of carbonyl (C=O) groups excluding carboxylic acids is 1. The van der Waals surface area contributed by atoms with Gasteiger partial charge in [-0.15, -0.1) is 0 Å². The van der Waals surface area contributed by atoms with Gasteiger partial charge in [0, 0.05) is 25.3 Å². The van der Waals surface area contributed by atoms with E-state index >= 15 is 0 Å². The van der Waals surface area contributed by atoms with E-state index in [1.54, 1.807) is 0 Å². The molecule has 0 spiro atoms. The van der Waals surface area contributed by atoms with Crippen LogP contribution in [0.3, 0.4) is 0 Å². The lowest BCUT2D eigenvalue weighted by Gasteiger charge is -2.33. The van der Waals surface area contributed by atoms with Gasteiger partial charge in [0.25, 0.3) is 0 Å². The zero-order valence-corrected chi connectivity index (χ0v) is 13.1. The van der Waals surface area contributed by atoms with Gasteiger partial charge in [-0.3, -0.25) is 0 Å². The first-order valence-electron chi connectivity index (χ1n) is 8.09. The highest BCUT2D eigenvalue weighted by atomic mass is 19.3. The Bertz CT molecular complexity index is 602. The number of carbonyl (C=O) groups is 1. The van der Waals surface area contributed by atoms with Crippen molar-refractivity contribution in [2.24, 2.45) is 5.92 Å². The second-order valence-electron chi connectivity index (χ2n) is 6.59. The maximum absolute atomic E-state index is 13.6.